The van der Waals surface area contributed by atoms with Crippen LogP contribution in [0.3, 0.4) is 0 Å². The highest BCUT2D eigenvalue weighted by atomic mass is 127. The lowest BCUT2D eigenvalue weighted by Crippen LogP contribution is -2.33. The van der Waals surface area contributed by atoms with Crippen LogP contribution in [0.4, 0.5) is 0 Å². The second kappa shape index (κ2) is 4.09. The number of halogens is 1. The molecule has 1 aliphatic heterocycles. The lowest BCUT2D eigenvalue weighted by molar-refractivity contribution is -0.0364. The van der Waals surface area contributed by atoms with Crippen molar-refractivity contribution in [2.75, 3.05) is 6.61 Å². The Hall–Kier alpha value is 0.430. The first kappa shape index (κ1) is 10.5. The first-order valence-electron chi connectivity index (χ1n) is 4.50. The molecule has 0 amide bonds. The second-order valence-electron chi connectivity index (χ2n) is 4.19. The van der Waals surface area contributed by atoms with E-state index >= 15 is 0 Å². The predicted molar refractivity (Wildman–Crippen MR) is 60.5 cm³/mol. The Bertz CT molecular complexity index is 186. The number of hydrogen-bond donors (Lipinski definition) is 0. The van der Waals surface area contributed by atoms with Crippen molar-refractivity contribution in [2.24, 2.45) is 5.92 Å². The van der Waals surface area contributed by atoms with Crippen molar-refractivity contribution in [1.29, 1.82) is 0 Å². The zero-order valence-corrected chi connectivity index (χ0v) is 10.2. The van der Waals surface area contributed by atoms with Gasteiger partial charge < -0.3 is 4.74 Å². The lowest BCUT2D eigenvalue weighted by atomic mass is 9.90. The van der Waals surface area contributed by atoms with E-state index in [-0.39, 0.29) is 5.60 Å². The SMILES string of the molecule is CC(C)CC1(C)CC(I)=CCO1. The van der Waals surface area contributed by atoms with Crippen LogP contribution in [0.5, 0.6) is 0 Å². The summed E-state index contributed by atoms with van der Waals surface area (Å²) in [4.78, 5) is 0. The Labute approximate surface area is 88.7 Å². The summed E-state index contributed by atoms with van der Waals surface area (Å²) < 4.78 is 7.21. The lowest BCUT2D eigenvalue weighted by Gasteiger charge is -2.34. The maximum absolute atomic E-state index is 5.77. The van der Waals surface area contributed by atoms with Gasteiger partial charge >= 0.3 is 0 Å². The van der Waals surface area contributed by atoms with Crippen LogP contribution in [-0.2, 0) is 4.74 Å². The maximum Gasteiger partial charge on any atom is 0.0705 e. The Morgan fingerprint density at radius 3 is 2.83 bits per heavy atom. The molecular weight excluding hydrogens is 263 g/mol. The van der Waals surface area contributed by atoms with Crippen LogP contribution >= 0.6 is 22.6 Å². The molecule has 2 heteroatoms. The first-order chi connectivity index (χ1) is 5.52. The minimum atomic E-state index is 0.0967. The van der Waals surface area contributed by atoms with Gasteiger partial charge in [-0.25, -0.2) is 0 Å². The van der Waals surface area contributed by atoms with Gasteiger partial charge in [0.2, 0.25) is 0 Å². The molecule has 0 N–H and O–H groups in total. The smallest absolute Gasteiger partial charge is 0.0705 e. The third kappa shape index (κ3) is 3.05. The molecule has 0 aromatic rings. The van der Waals surface area contributed by atoms with Gasteiger partial charge in [-0.05, 0) is 51.5 Å². The van der Waals surface area contributed by atoms with E-state index in [1.165, 1.54) is 3.58 Å². The summed E-state index contributed by atoms with van der Waals surface area (Å²) in [5.41, 5.74) is 0.0967. The summed E-state index contributed by atoms with van der Waals surface area (Å²) in [5, 5.41) is 0. The van der Waals surface area contributed by atoms with Crippen LogP contribution < -0.4 is 0 Å². The van der Waals surface area contributed by atoms with E-state index in [1.54, 1.807) is 0 Å². The molecule has 0 radical (unpaired) electrons. The molecule has 0 saturated carbocycles. The van der Waals surface area contributed by atoms with Gasteiger partial charge in [-0.3, -0.25) is 0 Å². The molecule has 0 spiro atoms. The summed E-state index contributed by atoms with van der Waals surface area (Å²) in [6, 6.07) is 0. The molecule has 1 aliphatic rings. The van der Waals surface area contributed by atoms with Gasteiger partial charge in [-0.15, -0.1) is 0 Å². The van der Waals surface area contributed by atoms with Gasteiger partial charge in [0.25, 0.3) is 0 Å². The molecule has 1 rings (SSSR count). The molecule has 0 aliphatic carbocycles. The fourth-order valence-corrected chi connectivity index (χ4v) is 2.79. The van der Waals surface area contributed by atoms with E-state index in [1.807, 2.05) is 0 Å². The van der Waals surface area contributed by atoms with E-state index in [4.69, 9.17) is 4.74 Å². The van der Waals surface area contributed by atoms with E-state index in [9.17, 15) is 0 Å². The molecule has 1 heterocycles. The molecular formula is C10H17IO. The molecule has 0 aromatic carbocycles. The minimum Gasteiger partial charge on any atom is -0.371 e. The molecule has 0 saturated heterocycles. The predicted octanol–water partition coefficient (Wildman–Crippen LogP) is 3.53. The van der Waals surface area contributed by atoms with Gasteiger partial charge in [-0.1, -0.05) is 13.8 Å². The fraction of sp³-hybridized carbons (Fsp3) is 0.800. The molecule has 1 nitrogen and oxygen atoms in total. The van der Waals surface area contributed by atoms with Crippen LogP contribution in [-0.4, -0.2) is 12.2 Å². The van der Waals surface area contributed by atoms with Gasteiger partial charge in [0, 0.05) is 6.42 Å². The number of ether oxygens (including phenoxy) is 1. The topological polar surface area (TPSA) is 9.23 Å². The highest BCUT2D eigenvalue weighted by molar-refractivity contribution is 14.1. The normalized spacial score (nSPS) is 30.6. The van der Waals surface area contributed by atoms with Crippen molar-refractivity contribution in [1.82, 2.24) is 0 Å². The van der Waals surface area contributed by atoms with Crippen molar-refractivity contribution in [3.05, 3.63) is 9.66 Å². The van der Waals surface area contributed by atoms with Crippen molar-refractivity contribution in [3.63, 3.8) is 0 Å². The van der Waals surface area contributed by atoms with E-state index in [0.29, 0.717) is 0 Å². The zero-order valence-electron chi connectivity index (χ0n) is 8.06. The molecule has 12 heavy (non-hydrogen) atoms. The third-order valence-electron chi connectivity index (χ3n) is 2.12. The standard InChI is InChI=1S/C10H17IO/c1-8(2)6-10(3)7-9(11)4-5-12-10/h4,8H,5-7H2,1-3H3. The maximum atomic E-state index is 5.77. The Morgan fingerprint density at radius 1 is 1.67 bits per heavy atom. The van der Waals surface area contributed by atoms with Gasteiger partial charge in [0.15, 0.2) is 0 Å². The molecule has 0 aromatic heterocycles. The number of rotatable bonds is 2. The largest absolute Gasteiger partial charge is 0.371 e. The quantitative estimate of drug-likeness (QED) is 0.703. The van der Waals surface area contributed by atoms with Crippen LogP contribution in [0.2, 0.25) is 0 Å². The monoisotopic (exact) mass is 280 g/mol. The van der Waals surface area contributed by atoms with Crippen LogP contribution in [0, 0.1) is 5.92 Å². The zero-order chi connectivity index (χ0) is 9.19. The average Bonchev–Trinajstić information content (AvgIpc) is 1.82. The molecule has 0 fully saturated rings. The third-order valence-corrected chi connectivity index (χ3v) is 2.94. The fourth-order valence-electron chi connectivity index (χ4n) is 1.81. The molecule has 1 atom stereocenters. The first-order valence-corrected chi connectivity index (χ1v) is 5.58. The van der Waals surface area contributed by atoms with Crippen molar-refractivity contribution in [2.45, 2.75) is 39.2 Å². The summed E-state index contributed by atoms with van der Waals surface area (Å²) in [5.74, 6) is 0.720. The summed E-state index contributed by atoms with van der Waals surface area (Å²) >= 11 is 2.41. The Morgan fingerprint density at radius 2 is 2.33 bits per heavy atom. The Kier molecular flexibility index (Phi) is 3.58. The Balaban J connectivity index is 2.55. The average molecular weight is 280 g/mol. The van der Waals surface area contributed by atoms with Crippen molar-refractivity contribution in [3.8, 4) is 0 Å². The van der Waals surface area contributed by atoms with Crippen molar-refractivity contribution < 1.29 is 4.74 Å². The second-order valence-corrected chi connectivity index (χ2v) is 5.57. The van der Waals surface area contributed by atoms with E-state index < -0.39 is 0 Å². The summed E-state index contributed by atoms with van der Waals surface area (Å²) in [6.07, 6.45) is 4.42. The van der Waals surface area contributed by atoms with E-state index in [0.717, 1.165) is 25.4 Å². The minimum absolute atomic E-state index is 0.0967. The van der Waals surface area contributed by atoms with Gasteiger partial charge in [0.1, 0.15) is 0 Å². The molecule has 0 bridgehead atoms. The molecule has 1 unspecified atom stereocenters. The molecule has 70 valence electrons. The van der Waals surface area contributed by atoms with Gasteiger partial charge in [0.05, 0.1) is 12.2 Å². The van der Waals surface area contributed by atoms with Crippen LogP contribution in [0.15, 0.2) is 9.66 Å². The highest BCUT2D eigenvalue weighted by Crippen LogP contribution is 2.33. The van der Waals surface area contributed by atoms with E-state index in [2.05, 4.69) is 49.4 Å². The summed E-state index contributed by atoms with van der Waals surface area (Å²) in [7, 11) is 0. The van der Waals surface area contributed by atoms with Crippen molar-refractivity contribution >= 4 is 22.6 Å². The van der Waals surface area contributed by atoms with Crippen LogP contribution in [0.25, 0.3) is 0 Å². The number of hydrogen-bond acceptors (Lipinski definition) is 1. The highest BCUT2D eigenvalue weighted by Gasteiger charge is 2.28. The van der Waals surface area contributed by atoms with Gasteiger partial charge in [-0.2, -0.15) is 0 Å². The summed E-state index contributed by atoms with van der Waals surface area (Å²) in [6.45, 7) is 7.51. The van der Waals surface area contributed by atoms with Crippen LogP contribution in [0.1, 0.15) is 33.6 Å².